The Hall–Kier alpha value is -0.170. The molecule has 0 aliphatic carbocycles. The van der Waals surface area contributed by atoms with Gasteiger partial charge in [-0.25, -0.2) is 0 Å². The number of thiol groups is 1. The van der Waals surface area contributed by atoms with E-state index in [1.807, 2.05) is 6.92 Å². The fraction of sp³-hybridized carbons (Fsp3) is 0.333. The quantitative estimate of drug-likeness (QED) is 0.413. The van der Waals surface area contributed by atoms with Crippen LogP contribution in [0.2, 0.25) is 0 Å². The molecule has 0 aromatic carbocycles. The van der Waals surface area contributed by atoms with Gasteiger partial charge in [-0.1, -0.05) is 18.7 Å². The molecule has 0 heterocycles. The van der Waals surface area contributed by atoms with Crippen molar-refractivity contribution in [3.8, 4) is 0 Å². The zero-order valence-corrected chi connectivity index (χ0v) is 5.46. The molecule has 0 bridgehead atoms. The van der Waals surface area contributed by atoms with Crippen LogP contribution in [-0.4, -0.2) is 0 Å². The average Bonchev–Trinajstić information content (AvgIpc) is 1.27. The molecule has 0 saturated heterocycles. The van der Waals surface area contributed by atoms with Crippen molar-refractivity contribution in [1.82, 2.24) is 0 Å². The van der Waals surface area contributed by atoms with Gasteiger partial charge in [0.15, 0.2) is 0 Å². The van der Waals surface area contributed by atoms with Crippen molar-refractivity contribution in [1.29, 1.82) is 0 Å². The summed E-state index contributed by atoms with van der Waals surface area (Å²) in [6.45, 7) is 9.24. The second-order valence-corrected chi connectivity index (χ2v) is 2.33. The van der Waals surface area contributed by atoms with Crippen molar-refractivity contribution in [2.24, 2.45) is 0 Å². The van der Waals surface area contributed by atoms with Gasteiger partial charge in [0.1, 0.15) is 0 Å². The molecule has 0 aliphatic rings. The highest BCUT2D eigenvalue weighted by atomic mass is 32.1. The summed E-state index contributed by atoms with van der Waals surface area (Å²) in [6, 6.07) is 0. The van der Waals surface area contributed by atoms with Gasteiger partial charge in [-0.3, -0.25) is 0 Å². The average molecular weight is 114 g/mol. The van der Waals surface area contributed by atoms with Gasteiger partial charge < -0.3 is 0 Å². The Morgan fingerprint density at radius 2 is 2.00 bits per heavy atom. The van der Waals surface area contributed by atoms with E-state index in [0.717, 1.165) is 16.9 Å². The minimum absolute atomic E-state index is 0.836. The Bertz CT molecular complexity index is 80.4. The van der Waals surface area contributed by atoms with Gasteiger partial charge in [-0.05, 0) is 18.2 Å². The molecular formula is C6H10S. The first-order chi connectivity index (χ1) is 3.13. The molecular weight excluding hydrogens is 104 g/mol. The van der Waals surface area contributed by atoms with Gasteiger partial charge in [0.05, 0.1) is 0 Å². The molecule has 0 spiro atoms. The van der Waals surface area contributed by atoms with Crippen LogP contribution in [0.3, 0.4) is 0 Å². The van der Waals surface area contributed by atoms with E-state index in [9.17, 15) is 0 Å². The van der Waals surface area contributed by atoms with Crippen LogP contribution in [0.4, 0.5) is 0 Å². The Labute approximate surface area is 50.3 Å². The highest BCUT2D eigenvalue weighted by Crippen LogP contribution is 2.08. The molecule has 0 aromatic heterocycles. The van der Waals surface area contributed by atoms with E-state index in [4.69, 9.17) is 0 Å². The van der Waals surface area contributed by atoms with Gasteiger partial charge in [-0.2, -0.15) is 0 Å². The molecule has 0 N–H and O–H groups in total. The lowest BCUT2D eigenvalue weighted by Gasteiger charge is -1.92. The van der Waals surface area contributed by atoms with Gasteiger partial charge in [0.25, 0.3) is 0 Å². The van der Waals surface area contributed by atoms with Gasteiger partial charge in [0, 0.05) is 0 Å². The summed E-state index contributed by atoms with van der Waals surface area (Å²) < 4.78 is 0. The summed E-state index contributed by atoms with van der Waals surface area (Å²) in [5.41, 5.74) is 1.11. The van der Waals surface area contributed by atoms with E-state index < -0.39 is 0 Å². The van der Waals surface area contributed by atoms with Crippen LogP contribution in [0, 0.1) is 0 Å². The third-order valence-electron chi connectivity index (χ3n) is 0.506. The normalized spacial score (nSPS) is 8.29. The van der Waals surface area contributed by atoms with E-state index in [1.165, 1.54) is 0 Å². The van der Waals surface area contributed by atoms with Crippen molar-refractivity contribution in [2.75, 3.05) is 0 Å². The van der Waals surface area contributed by atoms with Crippen LogP contribution in [0.1, 0.15) is 13.3 Å². The lowest BCUT2D eigenvalue weighted by molar-refractivity contribution is 1.22. The zero-order chi connectivity index (χ0) is 5.86. The van der Waals surface area contributed by atoms with Crippen LogP contribution < -0.4 is 0 Å². The third-order valence-corrected chi connectivity index (χ3v) is 0.664. The van der Waals surface area contributed by atoms with Crippen molar-refractivity contribution in [3.05, 3.63) is 23.6 Å². The molecule has 0 saturated carbocycles. The van der Waals surface area contributed by atoms with Gasteiger partial charge in [0.2, 0.25) is 0 Å². The summed E-state index contributed by atoms with van der Waals surface area (Å²) in [5, 5.41) is 0. The molecule has 0 unspecified atom stereocenters. The highest BCUT2D eigenvalue weighted by molar-refractivity contribution is 7.84. The molecule has 40 valence electrons. The number of hydrogen-bond donors (Lipinski definition) is 1. The van der Waals surface area contributed by atoms with Crippen LogP contribution in [0.5, 0.6) is 0 Å². The molecule has 0 aliphatic heterocycles. The van der Waals surface area contributed by atoms with Gasteiger partial charge >= 0.3 is 0 Å². The maximum atomic E-state index is 3.98. The van der Waals surface area contributed by atoms with Crippen molar-refractivity contribution < 1.29 is 0 Å². The minimum Gasteiger partial charge on any atom is -0.148 e. The molecule has 0 atom stereocenters. The van der Waals surface area contributed by atoms with E-state index in [0.29, 0.717) is 0 Å². The van der Waals surface area contributed by atoms with Crippen LogP contribution in [0.15, 0.2) is 23.6 Å². The molecule has 0 aromatic rings. The summed E-state index contributed by atoms with van der Waals surface area (Å²) in [7, 11) is 0. The summed E-state index contributed by atoms with van der Waals surface area (Å²) in [5.74, 6) is 0. The Kier molecular flexibility index (Phi) is 2.84. The molecule has 0 radical (unpaired) electrons. The van der Waals surface area contributed by atoms with E-state index in [2.05, 4.69) is 25.8 Å². The fourth-order valence-electron chi connectivity index (χ4n) is 0.348. The Morgan fingerprint density at radius 1 is 1.57 bits per heavy atom. The number of hydrogen-bond acceptors (Lipinski definition) is 1. The summed E-state index contributed by atoms with van der Waals surface area (Å²) in [6.07, 6.45) is 0.836. The maximum Gasteiger partial charge on any atom is -0.00209 e. The second-order valence-electron chi connectivity index (χ2n) is 1.70. The van der Waals surface area contributed by atoms with Crippen molar-refractivity contribution in [2.45, 2.75) is 13.3 Å². The smallest absolute Gasteiger partial charge is 0.00209 e. The minimum atomic E-state index is 0.836. The number of rotatable bonds is 2. The van der Waals surface area contributed by atoms with E-state index >= 15 is 0 Å². The van der Waals surface area contributed by atoms with Crippen LogP contribution in [0.25, 0.3) is 0 Å². The largest absolute Gasteiger partial charge is 0.148 e. The fourth-order valence-corrected chi connectivity index (χ4v) is 0.618. The van der Waals surface area contributed by atoms with E-state index in [1.54, 1.807) is 0 Å². The zero-order valence-electron chi connectivity index (χ0n) is 4.57. The van der Waals surface area contributed by atoms with Gasteiger partial charge in [-0.15, -0.1) is 12.6 Å². The summed E-state index contributed by atoms with van der Waals surface area (Å²) in [4.78, 5) is 0.882. The standard InChI is InChI=1S/C6H10S/c1-5(2)4-6(3)7/h7H,1,3-4H2,2H3. The molecule has 7 heavy (non-hydrogen) atoms. The third kappa shape index (κ3) is 5.83. The van der Waals surface area contributed by atoms with Crippen LogP contribution in [-0.2, 0) is 0 Å². The maximum absolute atomic E-state index is 3.98. The predicted molar refractivity (Wildman–Crippen MR) is 37.6 cm³/mol. The van der Waals surface area contributed by atoms with E-state index in [-0.39, 0.29) is 0 Å². The first-order valence-corrected chi connectivity index (χ1v) is 2.59. The molecule has 0 rings (SSSR count). The molecule has 1 heteroatoms. The Balaban J connectivity index is 3.32. The summed E-state index contributed by atoms with van der Waals surface area (Å²) >= 11 is 3.98. The highest BCUT2D eigenvalue weighted by Gasteiger charge is 1.83. The molecule has 0 nitrogen and oxygen atoms in total. The lowest BCUT2D eigenvalue weighted by Crippen LogP contribution is -1.69. The lowest BCUT2D eigenvalue weighted by atomic mass is 10.2. The predicted octanol–water partition coefficient (Wildman–Crippen LogP) is 2.40. The SMILES string of the molecule is C=C(C)CC(=C)S. The first kappa shape index (κ1) is 6.83. The molecule has 0 amide bonds. The molecule has 0 fully saturated rings. The van der Waals surface area contributed by atoms with Crippen molar-refractivity contribution >= 4 is 12.6 Å². The Morgan fingerprint density at radius 3 is 2.00 bits per heavy atom. The first-order valence-electron chi connectivity index (χ1n) is 2.14. The van der Waals surface area contributed by atoms with Crippen LogP contribution >= 0.6 is 12.6 Å². The second kappa shape index (κ2) is 2.92. The number of allylic oxidation sites excluding steroid dienone is 2. The van der Waals surface area contributed by atoms with Crippen molar-refractivity contribution in [3.63, 3.8) is 0 Å². The topological polar surface area (TPSA) is 0 Å². The monoisotopic (exact) mass is 114 g/mol.